The van der Waals surface area contributed by atoms with E-state index in [1.165, 1.54) is 18.2 Å². The van der Waals surface area contributed by atoms with Crippen LogP contribution in [0.2, 0.25) is 5.02 Å². The number of rotatable bonds is 1. The van der Waals surface area contributed by atoms with Gasteiger partial charge in [-0.15, -0.1) is 0 Å². The number of aliphatic hydroxyl groups is 2. The predicted octanol–water partition coefficient (Wildman–Crippen LogP) is 1.72. The molecule has 0 saturated carbocycles. The fraction of sp³-hybridized carbons (Fsp3) is 0.167. The van der Waals surface area contributed by atoms with Gasteiger partial charge in [0.1, 0.15) is 17.3 Å². The molecule has 0 aromatic heterocycles. The summed E-state index contributed by atoms with van der Waals surface area (Å²) in [6.45, 7) is 0. The van der Waals surface area contributed by atoms with Crippen molar-refractivity contribution in [3.8, 4) is 11.5 Å². The highest BCUT2D eigenvalue weighted by atomic mass is 35.5. The van der Waals surface area contributed by atoms with Gasteiger partial charge in [-0.25, -0.2) is 0 Å². The molecule has 1 aliphatic carbocycles. The molecule has 0 heterocycles. The molecule has 0 amide bonds. The highest BCUT2D eigenvalue weighted by Gasteiger charge is 2.38. The highest BCUT2D eigenvalue weighted by Crippen LogP contribution is 2.26. The normalized spacial score (nSPS) is 21.2. The van der Waals surface area contributed by atoms with Crippen molar-refractivity contribution in [1.82, 2.24) is 0 Å². The van der Waals surface area contributed by atoms with Crippen molar-refractivity contribution in [2.24, 2.45) is 0 Å². The average Bonchev–Trinajstić information content (AvgIpc) is 2.37. The smallest absolute Gasteiger partial charge is 0.299 e. The summed E-state index contributed by atoms with van der Waals surface area (Å²) in [5.41, 5.74) is 0. The summed E-state index contributed by atoms with van der Waals surface area (Å²) < 4.78 is 29.7. The second-order valence-corrected chi connectivity index (χ2v) is 6.19. The summed E-state index contributed by atoms with van der Waals surface area (Å²) in [6.07, 6.45) is 2.59. The van der Waals surface area contributed by atoms with Gasteiger partial charge >= 0.3 is 0 Å². The van der Waals surface area contributed by atoms with Gasteiger partial charge in [0.15, 0.2) is 0 Å². The Morgan fingerprint density at radius 1 is 1.19 bits per heavy atom. The highest BCUT2D eigenvalue weighted by molar-refractivity contribution is 7.87. The molecular weight excluding hydrogens is 324 g/mol. The molecule has 21 heavy (non-hydrogen) atoms. The van der Waals surface area contributed by atoms with Crippen molar-refractivity contribution in [1.29, 1.82) is 0 Å². The van der Waals surface area contributed by atoms with Crippen LogP contribution in [-0.2, 0) is 10.1 Å². The summed E-state index contributed by atoms with van der Waals surface area (Å²) in [5, 5.41) is 35.7. The molecule has 0 radical (unpaired) electrons. The van der Waals surface area contributed by atoms with Crippen LogP contribution in [0.1, 0.15) is 6.42 Å². The molecule has 2 rings (SSSR count). The maximum Gasteiger partial charge on any atom is 0.299 e. The molecule has 116 valence electrons. The van der Waals surface area contributed by atoms with Crippen molar-refractivity contribution in [2.45, 2.75) is 11.4 Å². The first-order valence-corrected chi connectivity index (χ1v) is 7.32. The van der Waals surface area contributed by atoms with Crippen LogP contribution in [0.3, 0.4) is 0 Å². The van der Waals surface area contributed by atoms with Gasteiger partial charge in [-0.05, 0) is 30.4 Å². The molecule has 0 saturated heterocycles. The van der Waals surface area contributed by atoms with Crippen molar-refractivity contribution in [3.63, 3.8) is 0 Å². The Morgan fingerprint density at radius 3 is 2.19 bits per heavy atom. The Bertz CT molecular complexity index is 681. The Labute approximate surface area is 125 Å². The third kappa shape index (κ3) is 4.64. The summed E-state index contributed by atoms with van der Waals surface area (Å²) in [7, 11) is -4.54. The van der Waals surface area contributed by atoms with Crippen LogP contribution in [0.5, 0.6) is 11.5 Å². The lowest BCUT2D eigenvalue weighted by molar-refractivity contribution is 0.160. The number of aliphatic hydroxyl groups excluding tert-OH is 1. The van der Waals surface area contributed by atoms with E-state index in [1.54, 1.807) is 0 Å². The van der Waals surface area contributed by atoms with Gasteiger partial charge in [0.2, 0.25) is 4.93 Å². The molecule has 0 fully saturated rings. The summed E-state index contributed by atoms with van der Waals surface area (Å²) in [5.74, 6) is -0.101. The van der Waals surface area contributed by atoms with Crippen molar-refractivity contribution < 1.29 is 33.4 Å². The van der Waals surface area contributed by atoms with E-state index >= 15 is 0 Å². The number of phenolic OH excluding ortho intramolecular Hbond substituents is 2. The first-order chi connectivity index (χ1) is 9.55. The lowest BCUT2D eigenvalue weighted by Gasteiger charge is -2.21. The zero-order valence-corrected chi connectivity index (χ0v) is 12.1. The van der Waals surface area contributed by atoms with E-state index in [-0.39, 0.29) is 28.7 Å². The van der Waals surface area contributed by atoms with E-state index in [0.29, 0.717) is 0 Å². The van der Waals surface area contributed by atoms with Crippen molar-refractivity contribution >= 4 is 21.7 Å². The number of aromatic hydroxyl groups is 2. The van der Waals surface area contributed by atoms with Gasteiger partial charge in [0.25, 0.3) is 10.1 Å². The SMILES string of the molecule is O=S(=O)(O)C1(O)C=CC(O)=CC1.Oc1ccc(O)c(Cl)c1. The quantitative estimate of drug-likeness (QED) is 0.389. The molecule has 9 heteroatoms. The number of halogens is 1. The molecule has 0 spiro atoms. The molecule has 1 aromatic carbocycles. The molecule has 0 bridgehead atoms. The average molecular weight is 337 g/mol. The molecule has 0 aliphatic heterocycles. The standard InChI is InChI=1S/C6H5ClO2.C6H8O5S/c7-5-3-4(8)1-2-6(5)9;7-5-1-3-6(8,4-2-5)12(9,10)11/h1-3,8-9H;1-3,7-8H,4H2,(H,9,10,11). The van der Waals surface area contributed by atoms with Crippen LogP contribution in [-0.4, -0.2) is 38.3 Å². The van der Waals surface area contributed by atoms with E-state index in [2.05, 4.69) is 0 Å². The number of benzene rings is 1. The van der Waals surface area contributed by atoms with Gasteiger partial charge in [-0.2, -0.15) is 8.42 Å². The Kier molecular flexibility index (Phi) is 5.24. The Hall–Kier alpha value is -1.74. The van der Waals surface area contributed by atoms with Gasteiger partial charge in [0.05, 0.1) is 5.02 Å². The first kappa shape index (κ1) is 17.3. The number of allylic oxidation sites excluding steroid dienone is 1. The fourth-order valence-electron chi connectivity index (χ4n) is 1.29. The van der Waals surface area contributed by atoms with Crippen molar-refractivity contribution in [2.75, 3.05) is 0 Å². The Morgan fingerprint density at radius 2 is 1.81 bits per heavy atom. The van der Waals surface area contributed by atoms with Gasteiger partial charge < -0.3 is 20.4 Å². The summed E-state index contributed by atoms with van der Waals surface area (Å²) >= 11 is 5.40. The lowest BCUT2D eigenvalue weighted by Crippen LogP contribution is -2.36. The maximum atomic E-state index is 10.6. The minimum Gasteiger partial charge on any atom is -0.508 e. The molecular formula is C12H13ClO7S. The van der Waals surface area contributed by atoms with Crippen LogP contribution in [0, 0.1) is 0 Å². The minimum absolute atomic E-state index is 0.0190. The van der Waals surface area contributed by atoms with Crippen LogP contribution in [0.4, 0.5) is 0 Å². The van der Waals surface area contributed by atoms with Gasteiger partial charge in [-0.1, -0.05) is 11.6 Å². The molecule has 7 nitrogen and oxygen atoms in total. The molecule has 1 aliphatic rings. The summed E-state index contributed by atoms with van der Waals surface area (Å²) in [4.78, 5) is -2.29. The zero-order chi connectivity index (χ0) is 16.3. The molecule has 1 atom stereocenters. The van der Waals surface area contributed by atoms with E-state index in [9.17, 15) is 13.5 Å². The van der Waals surface area contributed by atoms with Crippen LogP contribution >= 0.6 is 11.6 Å². The largest absolute Gasteiger partial charge is 0.508 e. The second-order valence-electron chi connectivity index (χ2n) is 4.12. The zero-order valence-electron chi connectivity index (χ0n) is 10.5. The predicted molar refractivity (Wildman–Crippen MR) is 75.7 cm³/mol. The van der Waals surface area contributed by atoms with E-state index in [0.717, 1.165) is 18.2 Å². The van der Waals surface area contributed by atoms with Crippen LogP contribution < -0.4 is 0 Å². The summed E-state index contributed by atoms with van der Waals surface area (Å²) in [6, 6.07) is 3.97. The topological polar surface area (TPSA) is 135 Å². The minimum atomic E-state index is -4.54. The maximum absolute atomic E-state index is 10.6. The van der Waals surface area contributed by atoms with Crippen molar-refractivity contribution in [3.05, 3.63) is 47.2 Å². The molecule has 5 N–H and O–H groups in total. The van der Waals surface area contributed by atoms with Gasteiger partial charge in [0, 0.05) is 12.5 Å². The molecule has 1 aromatic rings. The number of phenols is 2. The molecule has 1 unspecified atom stereocenters. The fourth-order valence-corrected chi connectivity index (χ4v) is 2.00. The second kappa shape index (κ2) is 6.35. The number of hydrogen-bond acceptors (Lipinski definition) is 6. The lowest BCUT2D eigenvalue weighted by atomic mass is 10.1. The van der Waals surface area contributed by atoms with E-state index in [4.69, 9.17) is 31.5 Å². The third-order valence-corrected chi connectivity index (χ3v) is 4.00. The van der Waals surface area contributed by atoms with E-state index in [1.807, 2.05) is 0 Å². The monoisotopic (exact) mass is 336 g/mol. The number of hydrogen-bond donors (Lipinski definition) is 5. The Balaban J connectivity index is 0.000000219. The van der Waals surface area contributed by atoms with Crippen LogP contribution in [0.15, 0.2) is 42.2 Å². The van der Waals surface area contributed by atoms with Gasteiger partial charge in [-0.3, -0.25) is 4.55 Å². The first-order valence-electron chi connectivity index (χ1n) is 5.50. The van der Waals surface area contributed by atoms with E-state index < -0.39 is 15.1 Å². The third-order valence-electron chi connectivity index (χ3n) is 2.50. The van der Waals surface area contributed by atoms with Crippen LogP contribution in [0.25, 0.3) is 0 Å².